The van der Waals surface area contributed by atoms with Crippen molar-refractivity contribution in [3.05, 3.63) is 24.0 Å². The fourth-order valence-corrected chi connectivity index (χ4v) is 3.18. The number of cyclic esters (lactones) is 1. The number of piperazine rings is 1. The van der Waals surface area contributed by atoms with Gasteiger partial charge in [0.05, 0.1) is 24.5 Å². The molecule has 0 saturated carbocycles. The predicted octanol–water partition coefficient (Wildman–Crippen LogP) is 0.997. The monoisotopic (exact) mass is 381 g/mol. The number of nitrogens with one attached hydrogen (secondary N) is 2. The van der Waals surface area contributed by atoms with Crippen molar-refractivity contribution < 1.29 is 13.9 Å². The van der Waals surface area contributed by atoms with Crippen LogP contribution in [0.15, 0.2) is 18.2 Å². The lowest BCUT2D eigenvalue weighted by molar-refractivity contribution is 0.143. The number of halogens is 1. The van der Waals surface area contributed by atoms with E-state index in [-0.39, 0.29) is 11.9 Å². The van der Waals surface area contributed by atoms with Gasteiger partial charge in [-0.2, -0.15) is 0 Å². The van der Waals surface area contributed by atoms with Crippen LogP contribution in [0.3, 0.4) is 0 Å². The molecule has 1 atom stereocenters. The van der Waals surface area contributed by atoms with Gasteiger partial charge < -0.3 is 25.2 Å². The van der Waals surface area contributed by atoms with Crippen LogP contribution < -0.4 is 20.4 Å². The Bertz CT molecular complexity index is 681. The van der Waals surface area contributed by atoms with Crippen LogP contribution in [0.4, 0.5) is 20.6 Å². The predicted molar refractivity (Wildman–Crippen MR) is 103 cm³/mol. The summed E-state index contributed by atoms with van der Waals surface area (Å²) in [6, 6.07) is 4.92. The Hall–Kier alpha value is -2.13. The number of nitrogens with zero attached hydrogens (tertiary/aromatic N) is 3. The molecule has 2 saturated heterocycles. The molecule has 9 heteroatoms. The Morgan fingerprint density at radius 1 is 1.35 bits per heavy atom. The fourth-order valence-electron chi connectivity index (χ4n) is 3.10. The smallest absolute Gasteiger partial charge is 0.414 e. The van der Waals surface area contributed by atoms with E-state index in [9.17, 15) is 9.18 Å². The van der Waals surface area contributed by atoms with Crippen molar-refractivity contribution in [3.8, 4) is 0 Å². The molecule has 0 bridgehead atoms. The number of likely N-dealkylation sites (N-methyl/N-ethyl adjacent to an activating group) is 1. The average Bonchev–Trinajstić information content (AvgIpc) is 3.01. The van der Waals surface area contributed by atoms with Crippen molar-refractivity contribution in [2.45, 2.75) is 6.10 Å². The zero-order valence-corrected chi connectivity index (χ0v) is 15.8. The number of carbonyl (C=O) groups excluding carboxylic acids is 1. The summed E-state index contributed by atoms with van der Waals surface area (Å²) < 4.78 is 20.0. The van der Waals surface area contributed by atoms with E-state index in [1.807, 2.05) is 4.90 Å². The van der Waals surface area contributed by atoms with Crippen LogP contribution in [0.25, 0.3) is 0 Å². The van der Waals surface area contributed by atoms with Crippen LogP contribution in [0, 0.1) is 5.82 Å². The quantitative estimate of drug-likeness (QED) is 0.755. The molecule has 7 nitrogen and oxygen atoms in total. The first-order chi connectivity index (χ1) is 12.5. The Balaban J connectivity index is 1.65. The highest BCUT2D eigenvalue weighted by Gasteiger charge is 2.33. The second-order valence-corrected chi connectivity index (χ2v) is 6.91. The minimum absolute atomic E-state index is 0.321. The van der Waals surface area contributed by atoms with Gasteiger partial charge in [-0.3, -0.25) is 4.90 Å². The molecule has 2 fully saturated rings. The Labute approximate surface area is 158 Å². The van der Waals surface area contributed by atoms with E-state index in [2.05, 4.69) is 22.6 Å². The first-order valence-corrected chi connectivity index (χ1v) is 9.05. The minimum atomic E-state index is -0.473. The zero-order valence-electron chi connectivity index (χ0n) is 15.0. The fraction of sp³-hybridized carbons (Fsp3) is 0.529. The molecule has 1 aromatic carbocycles. The van der Waals surface area contributed by atoms with Gasteiger partial charge >= 0.3 is 6.09 Å². The molecule has 0 radical (unpaired) electrons. The molecule has 142 valence electrons. The number of anilines is 2. The van der Waals surface area contributed by atoms with Crippen molar-refractivity contribution in [1.82, 2.24) is 15.5 Å². The SMILES string of the molecule is CNC(=S)NC[C@H]1CN(c2ccc(N3CCN(C)CC3)c(F)c2)C(=O)O1. The van der Waals surface area contributed by atoms with Gasteiger partial charge in [0.15, 0.2) is 5.11 Å². The number of thiocarbonyl (C=S) groups is 1. The highest BCUT2D eigenvalue weighted by molar-refractivity contribution is 7.80. The largest absolute Gasteiger partial charge is 0.442 e. The first-order valence-electron chi connectivity index (χ1n) is 8.64. The lowest BCUT2D eigenvalue weighted by Gasteiger charge is -2.34. The van der Waals surface area contributed by atoms with E-state index >= 15 is 0 Å². The Morgan fingerprint density at radius 3 is 2.73 bits per heavy atom. The van der Waals surface area contributed by atoms with E-state index in [1.54, 1.807) is 19.2 Å². The molecule has 2 N–H and O–H groups in total. The average molecular weight is 381 g/mol. The summed E-state index contributed by atoms with van der Waals surface area (Å²) in [4.78, 5) is 17.8. The molecule has 1 amide bonds. The molecular weight excluding hydrogens is 357 g/mol. The van der Waals surface area contributed by atoms with Crippen molar-refractivity contribution in [2.24, 2.45) is 0 Å². The third-order valence-electron chi connectivity index (χ3n) is 4.68. The van der Waals surface area contributed by atoms with Crippen LogP contribution >= 0.6 is 12.2 Å². The molecule has 3 rings (SSSR count). The molecule has 0 unspecified atom stereocenters. The number of carbonyl (C=O) groups is 1. The topological polar surface area (TPSA) is 60.1 Å². The maximum atomic E-state index is 14.6. The molecule has 2 heterocycles. The van der Waals surface area contributed by atoms with Gasteiger partial charge in [0.25, 0.3) is 0 Å². The third kappa shape index (κ3) is 4.16. The number of rotatable bonds is 4. The van der Waals surface area contributed by atoms with Crippen LogP contribution in [-0.2, 0) is 4.74 Å². The summed E-state index contributed by atoms with van der Waals surface area (Å²) in [5.74, 6) is -0.321. The summed E-state index contributed by atoms with van der Waals surface area (Å²) >= 11 is 5.01. The molecule has 1 aromatic rings. The van der Waals surface area contributed by atoms with Gasteiger partial charge in [-0.1, -0.05) is 0 Å². The van der Waals surface area contributed by atoms with Crippen molar-refractivity contribution in [1.29, 1.82) is 0 Å². The summed E-state index contributed by atoms with van der Waals surface area (Å²) in [6.45, 7) is 4.15. The minimum Gasteiger partial charge on any atom is -0.442 e. The van der Waals surface area contributed by atoms with Crippen LogP contribution in [0.5, 0.6) is 0 Å². The number of ether oxygens (including phenoxy) is 1. The third-order valence-corrected chi connectivity index (χ3v) is 5.03. The molecule has 0 aliphatic carbocycles. The van der Waals surface area contributed by atoms with E-state index < -0.39 is 6.09 Å². The number of amides is 1. The van der Waals surface area contributed by atoms with Gasteiger partial charge in [0.2, 0.25) is 0 Å². The summed E-state index contributed by atoms with van der Waals surface area (Å²) in [5.41, 5.74) is 1.08. The summed E-state index contributed by atoms with van der Waals surface area (Å²) in [7, 11) is 3.78. The second kappa shape index (κ2) is 8.05. The molecule has 0 spiro atoms. The van der Waals surface area contributed by atoms with Gasteiger partial charge in [-0.15, -0.1) is 0 Å². The van der Waals surface area contributed by atoms with Crippen LogP contribution in [0.1, 0.15) is 0 Å². The van der Waals surface area contributed by atoms with E-state index in [1.165, 1.54) is 11.0 Å². The molecule has 2 aliphatic rings. The molecular formula is C17H24FN5O2S. The van der Waals surface area contributed by atoms with Crippen LogP contribution in [-0.4, -0.2) is 75.6 Å². The lowest BCUT2D eigenvalue weighted by Crippen LogP contribution is -2.44. The van der Waals surface area contributed by atoms with Gasteiger partial charge in [-0.25, -0.2) is 9.18 Å². The highest BCUT2D eigenvalue weighted by atomic mass is 32.1. The summed E-state index contributed by atoms with van der Waals surface area (Å²) in [6.07, 6.45) is -0.812. The first kappa shape index (κ1) is 18.7. The van der Waals surface area contributed by atoms with Crippen LogP contribution in [0.2, 0.25) is 0 Å². The van der Waals surface area contributed by atoms with Gasteiger partial charge in [0, 0.05) is 33.2 Å². The normalized spacial score (nSPS) is 20.9. The Morgan fingerprint density at radius 2 is 2.08 bits per heavy atom. The number of benzene rings is 1. The van der Waals surface area contributed by atoms with E-state index in [0.29, 0.717) is 29.6 Å². The maximum absolute atomic E-state index is 14.6. The zero-order chi connectivity index (χ0) is 18.7. The maximum Gasteiger partial charge on any atom is 0.414 e. The molecule has 2 aliphatic heterocycles. The van der Waals surface area contributed by atoms with Crippen molar-refractivity contribution in [3.63, 3.8) is 0 Å². The molecule has 0 aromatic heterocycles. The Kier molecular flexibility index (Phi) is 5.77. The summed E-state index contributed by atoms with van der Waals surface area (Å²) in [5, 5.41) is 6.25. The van der Waals surface area contributed by atoms with E-state index in [0.717, 1.165) is 26.2 Å². The van der Waals surface area contributed by atoms with E-state index in [4.69, 9.17) is 17.0 Å². The van der Waals surface area contributed by atoms with Gasteiger partial charge in [0.1, 0.15) is 11.9 Å². The van der Waals surface area contributed by atoms with Crippen molar-refractivity contribution >= 4 is 34.8 Å². The second-order valence-electron chi connectivity index (χ2n) is 6.50. The standard InChI is InChI=1S/C17H24FN5O2S/c1-19-16(26)20-10-13-11-23(17(24)25-13)12-3-4-15(14(18)9-12)22-7-5-21(2)6-8-22/h3-4,9,13H,5-8,10-11H2,1-2H3,(H2,19,20,26)/t13-/m0/s1. The van der Waals surface area contributed by atoms with Gasteiger partial charge in [-0.05, 0) is 37.5 Å². The lowest BCUT2D eigenvalue weighted by atomic mass is 10.2. The molecule has 26 heavy (non-hydrogen) atoms. The van der Waals surface area contributed by atoms with Crippen molar-refractivity contribution in [2.75, 3.05) is 63.2 Å². The highest BCUT2D eigenvalue weighted by Crippen LogP contribution is 2.28. The number of hydrogen-bond acceptors (Lipinski definition) is 5. The number of hydrogen-bond donors (Lipinski definition) is 2.